The number of nitriles is 1. The van der Waals surface area contributed by atoms with Gasteiger partial charge < -0.3 is 10.1 Å². The topological polar surface area (TPSA) is 91.0 Å². The Morgan fingerprint density at radius 3 is 2.35 bits per heavy atom. The first-order valence-corrected chi connectivity index (χ1v) is 5.45. The van der Waals surface area contributed by atoms with E-state index < -0.39 is 35.9 Å². The van der Waals surface area contributed by atoms with Crippen molar-refractivity contribution in [3.05, 3.63) is 35.4 Å². The quantitative estimate of drug-likeness (QED) is 0.658. The second-order valence-corrected chi connectivity index (χ2v) is 3.95. The summed E-state index contributed by atoms with van der Waals surface area (Å²) in [5.74, 6) is -5.06. The van der Waals surface area contributed by atoms with Crippen molar-refractivity contribution in [3.63, 3.8) is 0 Å². The van der Waals surface area contributed by atoms with E-state index in [1.165, 1.54) is 6.92 Å². The second-order valence-electron chi connectivity index (χ2n) is 3.95. The number of nitrogens with zero attached hydrogens (tertiary/aromatic N) is 1. The van der Waals surface area contributed by atoms with Crippen LogP contribution >= 0.6 is 0 Å². The highest BCUT2D eigenvalue weighted by atomic mass is 19.1. The van der Waals surface area contributed by atoms with E-state index in [1.807, 2.05) is 0 Å². The zero-order valence-corrected chi connectivity index (χ0v) is 10.4. The zero-order valence-electron chi connectivity index (χ0n) is 10.4. The Hall–Kier alpha value is -2.62. The lowest BCUT2D eigenvalue weighted by Crippen LogP contribution is -2.25. The van der Waals surface area contributed by atoms with E-state index in [0.717, 1.165) is 12.1 Å². The molecule has 0 aliphatic rings. The van der Waals surface area contributed by atoms with Crippen LogP contribution in [0.4, 0.5) is 8.78 Å². The van der Waals surface area contributed by atoms with Crippen LogP contribution in [0, 0.1) is 34.3 Å². The molecule has 1 rings (SSSR count). The standard InChI is InChI=1S/C13H10F2N2O3/c1-7(17)11(5-16)12(18)6-20-13(19)8-2-9(14)4-10(15)3-8/h2-4,11,17H,6H2,1H3. The van der Waals surface area contributed by atoms with Gasteiger partial charge in [-0.15, -0.1) is 0 Å². The number of esters is 1. The molecule has 1 aromatic rings. The van der Waals surface area contributed by atoms with Crippen molar-refractivity contribution in [2.24, 2.45) is 5.92 Å². The molecule has 1 aromatic carbocycles. The van der Waals surface area contributed by atoms with Gasteiger partial charge in [0.15, 0.2) is 12.4 Å². The molecule has 0 radical (unpaired) electrons. The van der Waals surface area contributed by atoms with Crippen LogP contribution in [0.2, 0.25) is 0 Å². The third-order valence-corrected chi connectivity index (χ3v) is 2.33. The van der Waals surface area contributed by atoms with Crippen molar-refractivity contribution >= 4 is 17.5 Å². The van der Waals surface area contributed by atoms with Crippen LogP contribution in [0.1, 0.15) is 17.3 Å². The average Bonchev–Trinajstić information content (AvgIpc) is 2.35. The number of ether oxygens (including phenoxy) is 1. The summed E-state index contributed by atoms with van der Waals surface area (Å²) in [5, 5.41) is 15.9. The van der Waals surface area contributed by atoms with Crippen LogP contribution in [-0.2, 0) is 9.53 Å². The number of benzene rings is 1. The maximum atomic E-state index is 12.9. The number of ketones is 1. The van der Waals surface area contributed by atoms with Crippen molar-refractivity contribution in [3.8, 4) is 6.07 Å². The molecule has 0 saturated heterocycles. The summed E-state index contributed by atoms with van der Waals surface area (Å²) in [4.78, 5) is 23.0. The van der Waals surface area contributed by atoms with Crippen molar-refractivity contribution in [2.75, 3.05) is 6.61 Å². The number of rotatable bonds is 5. The van der Waals surface area contributed by atoms with Gasteiger partial charge in [0.05, 0.1) is 11.6 Å². The lowest BCUT2D eigenvalue weighted by atomic mass is 10.0. The van der Waals surface area contributed by atoms with Gasteiger partial charge in [0.1, 0.15) is 17.6 Å². The Balaban J connectivity index is 2.71. The van der Waals surface area contributed by atoms with Gasteiger partial charge >= 0.3 is 5.97 Å². The van der Waals surface area contributed by atoms with Crippen molar-refractivity contribution in [2.45, 2.75) is 6.92 Å². The molecule has 0 saturated carbocycles. The molecular formula is C13H10F2N2O3. The van der Waals surface area contributed by atoms with Crippen LogP contribution in [0.5, 0.6) is 0 Å². The van der Waals surface area contributed by atoms with Crippen LogP contribution in [0.25, 0.3) is 0 Å². The van der Waals surface area contributed by atoms with Crippen LogP contribution in [0.15, 0.2) is 18.2 Å². The van der Waals surface area contributed by atoms with Crippen molar-refractivity contribution in [1.29, 1.82) is 10.7 Å². The number of hydrogen-bond donors (Lipinski definition) is 1. The summed E-state index contributed by atoms with van der Waals surface area (Å²) >= 11 is 0. The van der Waals surface area contributed by atoms with Crippen LogP contribution < -0.4 is 0 Å². The molecule has 7 heteroatoms. The highest BCUT2D eigenvalue weighted by molar-refractivity contribution is 6.06. The highest BCUT2D eigenvalue weighted by Gasteiger charge is 2.22. The summed E-state index contributed by atoms with van der Waals surface area (Å²) in [6, 6.07) is 3.71. The molecule has 0 aliphatic heterocycles. The van der Waals surface area contributed by atoms with Gasteiger partial charge in [0, 0.05) is 11.8 Å². The van der Waals surface area contributed by atoms with E-state index in [2.05, 4.69) is 4.74 Å². The third-order valence-electron chi connectivity index (χ3n) is 2.33. The normalized spacial score (nSPS) is 11.3. The Bertz CT molecular complexity index is 588. The minimum absolute atomic E-state index is 0.176. The van der Waals surface area contributed by atoms with E-state index in [1.54, 1.807) is 6.07 Å². The molecule has 1 unspecified atom stereocenters. The van der Waals surface area contributed by atoms with Gasteiger partial charge in [-0.1, -0.05) is 0 Å². The van der Waals surface area contributed by atoms with E-state index in [-0.39, 0.29) is 11.3 Å². The average molecular weight is 280 g/mol. The Morgan fingerprint density at radius 2 is 1.90 bits per heavy atom. The molecule has 0 amide bonds. The summed E-state index contributed by atoms with van der Waals surface area (Å²) in [6.45, 7) is 0.529. The molecule has 0 aliphatic carbocycles. The smallest absolute Gasteiger partial charge is 0.338 e. The Labute approximate surface area is 113 Å². The first kappa shape index (κ1) is 15.4. The first-order valence-electron chi connectivity index (χ1n) is 5.45. The number of carbonyl (C=O) groups excluding carboxylic acids is 2. The summed E-state index contributed by atoms with van der Waals surface area (Å²) in [5.41, 5.74) is -0.555. The largest absolute Gasteiger partial charge is 0.454 e. The summed E-state index contributed by atoms with van der Waals surface area (Å²) in [6.07, 6.45) is 0. The molecule has 0 fully saturated rings. The van der Waals surface area contributed by atoms with Gasteiger partial charge in [0.25, 0.3) is 0 Å². The molecule has 1 atom stereocenters. The molecule has 104 valence electrons. The summed E-state index contributed by atoms with van der Waals surface area (Å²) in [7, 11) is 0. The molecule has 20 heavy (non-hydrogen) atoms. The molecule has 5 nitrogen and oxygen atoms in total. The molecule has 1 N–H and O–H groups in total. The zero-order chi connectivity index (χ0) is 15.3. The van der Waals surface area contributed by atoms with Gasteiger partial charge in [-0.2, -0.15) is 5.26 Å². The number of halogens is 2. The predicted molar refractivity (Wildman–Crippen MR) is 64.2 cm³/mol. The highest BCUT2D eigenvalue weighted by Crippen LogP contribution is 2.10. The minimum Gasteiger partial charge on any atom is -0.454 e. The maximum Gasteiger partial charge on any atom is 0.338 e. The molecule has 0 aromatic heterocycles. The fourth-order valence-electron chi connectivity index (χ4n) is 1.39. The van der Waals surface area contributed by atoms with E-state index in [9.17, 15) is 18.4 Å². The van der Waals surface area contributed by atoms with Crippen LogP contribution in [0.3, 0.4) is 0 Å². The van der Waals surface area contributed by atoms with Gasteiger partial charge in [0.2, 0.25) is 0 Å². The molecule has 0 spiro atoms. The Kier molecular flexibility index (Phi) is 5.03. The minimum atomic E-state index is -1.30. The SMILES string of the molecule is CC(=N)C(C#N)C(=O)COC(=O)c1cc(F)cc(F)c1. The van der Waals surface area contributed by atoms with E-state index in [0.29, 0.717) is 6.07 Å². The molecule has 0 heterocycles. The monoisotopic (exact) mass is 280 g/mol. The maximum absolute atomic E-state index is 12.9. The van der Waals surface area contributed by atoms with Gasteiger partial charge in [-0.05, 0) is 19.1 Å². The fraction of sp³-hybridized carbons (Fsp3) is 0.231. The second kappa shape index (κ2) is 6.52. The summed E-state index contributed by atoms with van der Waals surface area (Å²) < 4.78 is 30.3. The first-order chi connectivity index (χ1) is 9.35. The number of nitrogens with one attached hydrogen (secondary N) is 1. The number of Topliss-reactive ketones (excluding diaryl/α,β-unsaturated/α-hetero) is 1. The molecular weight excluding hydrogens is 270 g/mol. The Morgan fingerprint density at radius 1 is 1.35 bits per heavy atom. The number of hydrogen-bond acceptors (Lipinski definition) is 5. The lowest BCUT2D eigenvalue weighted by Gasteiger charge is -2.07. The van der Waals surface area contributed by atoms with Gasteiger partial charge in [-0.25, -0.2) is 13.6 Å². The third kappa shape index (κ3) is 3.95. The predicted octanol–water partition coefficient (Wildman–Crippen LogP) is 1.87. The van der Waals surface area contributed by atoms with Gasteiger partial charge in [-0.3, -0.25) is 4.79 Å². The van der Waals surface area contributed by atoms with Crippen molar-refractivity contribution in [1.82, 2.24) is 0 Å². The fourth-order valence-corrected chi connectivity index (χ4v) is 1.39. The number of carbonyl (C=O) groups is 2. The van der Waals surface area contributed by atoms with Crippen molar-refractivity contribution < 1.29 is 23.1 Å². The van der Waals surface area contributed by atoms with E-state index in [4.69, 9.17) is 10.7 Å². The van der Waals surface area contributed by atoms with Crippen LogP contribution in [-0.4, -0.2) is 24.1 Å². The van der Waals surface area contributed by atoms with E-state index >= 15 is 0 Å². The lowest BCUT2D eigenvalue weighted by molar-refractivity contribution is -0.122. The molecule has 0 bridgehead atoms.